The topological polar surface area (TPSA) is 18.5 Å². The van der Waals surface area contributed by atoms with Gasteiger partial charge in [0, 0.05) is 10.0 Å². The van der Waals surface area contributed by atoms with E-state index in [1.807, 2.05) is 39.0 Å². The first-order valence-electron chi connectivity index (χ1n) is 4.89. The van der Waals surface area contributed by atoms with Crippen molar-refractivity contribution in [2.45, 2.75) is 33.0 Å². The summed E-state index contributed by atoms with van der Waals surface area (Å²) in [7, 11) is 1.67. The highest BCUT2D eigenvalue weighted by molar-refractivity contribution is 9.10. The number of benzene rings is 1. The molecule has 0 bridgehead atoms. The van der Waals surface area contributed by atoms with E-state index in [4.69, 9.17) is 9.47 Å². The van der Waals surface area contributed by atoms with E-state index in [9.17, 15) is 0 Å². The molecule has 0 N–H and O–H groups in total. The fraction of sp³-hybridized carbons (Fsp3) is 0.500. The summed E-state index contributed by atoms with van der Waals surface area (Å²) in [4.78, 5) is 0. The van der Waals surface area contributed by atoms with E-state index >= 15 is 0 Å². The van der Waals surface area contributed by atoms with Crippen LogP contribution in [0.25, 0.3) is 0 Å². The maximum atomic E-state index is 5.71. The van der Waals surface area contributed by atoms with Crippen molar-refractivity contribution in [1.82, 2.24) is 0 Å². The molecule has 1 aromatic carbocycles. The molecule has 0 radical (unpaired) electrons. The van der Waals surface area contributed by atoms with Gasteiger partial charge in [0.1, 0.15) is 5.75 Å². The molecule has 0 amide bonds. The summed E-state index contributed by atoms with van der Waals surface area (Å²) < 4.78 is 12.0. The first-order valence-corrected chi connectivity index (χ1v) is 5.68. The fourth-order valence-corrected chi connectivity index (χ4v) is 1.56. The lowest BCUT2D eigenvalue weighted by atomic mass is 10.1. The number of methoxy groups -OCH3 is 1. The van der Waals surface area contributed by atoms with Crippen LogP contribution in [0.1, 0.15) is 26.3 Å². The zero-order chi connectivity index (χ0) is 11.5. The molecule has 0 saturated heterocycles. The molecular formula is C12H17BrO2. The summed E-state index contributed by atoms with van der Waals surface area (Å²) in [5, 5.41) is 0. The van der Waals surface area contributed by atoms with Gasteiger partial charge in [-0.1, -0.05) is 15.9 Å². The first kappa shape index (κ1) is 12.5. The smallest absolute Gasteiger partial charge is 0.124 e. The third-order valence-electron chi connectivity index (χ3n) is 1.90. The van der Waals surface area contributed by atoms with Crippen LogP contribution >= 0.6 is 15.9 Å². The Balaban J connectivity index is 2.79. The van der Waals surface area contributed by atoms with Crippen LogP contribution in [0, 0.1) is 0 Å². The zero-order valence-corrected chi connectivity index (χ0v) is 11.2. The number of hydrogen-bond acceptors (Lipinski definition) is 2. The van der Waals surface area contributed by atoms with Crippen LogP contribution in [-0.2, 0) is 11.3 Å². The Bertz CT molecular complexity index is 329. The summed E-state index contributed by atoms with van der Waals surface area (Å²) in [6.07, 6.45) is 0. The molecule has 0 heterocycles. The third-order valence-corrected chi connectivity index (χ3v) is 2.40. The summed E-state index contributed by atoms with van der Waals surface area (Å²) in [5.41, 5.74) is 0.926. The Morgan fingerprint density at radius 2 is 1.93 bits per heavy atom. The van der Waals surface area contributed by atoms with Gasteiger partial charge in [-0.2, -0.15) is 0 Å². The largest absolute Gasteiger partial charge is 0.496 e. The number of rotatable bonds is 3. The third kappa shape index (κ3) is 4.22. The molecule has 15 heavy (non-hydrogen) atoms. The minimum Gasteiger partial charge on any atom is -0.496 e. The van der Waals surface area contributed by atoms with Crippen molar-refractivity contribution < 1.29 is 9.47 Å². The Kier molecular flexibility index (Phi) is 4.17. The van der Waals surface area contributed by atoms with Gasteiger partial charge in [-0.25, -0.2) is 0 Å². The van der Waals surface area contributed by atoms with Gasteiger partial charge in [-0.3, -0.25) is 0 Å². The number of hydrogen-bond donors (Lipinski definition) is 0. The van der Waals surface area contributed by atoms with Crippen molar-refractivity contribution in [3.63, 3.8) is 0 Å². The highest BCUT2D eigenvalue weighted by atomic mass is 79.9. The minimum absolute atomic E-state index is 0.132. The Hall–Kier alpha value is -0.540. The van der Waals surface area contributed by atoms with Crippen LogP contribution in [-0.4, -0.2) is 12.7 Å². The molecule has 84 valence electrons. The minimum atomic E-state index is -0.132. The van der Waals surface area contributed by atoms with Crippen LogP contribution in [0.3, 0.4) is 0 Å². The van der Waals surface area contributed by atoms with Crippen molar-refractivity contribution in [2.24, 2.45) is 0 Å². The molecule has 0 atom stereocenters. The normalized spacial score (nSPS) is 11.5. The van der Waals surface area contributed by atoms with Gasteiger partial charge in [-0.05, 0) is 39.0 Å². The summed E-state index contributed by atoms with van der Waals surface area (Å²) in [6, 6.07) is 5.91. The molecule has 0 aliphatic heterocycles. The standard InChI is InChI=1S/C12H17BrO2/c1-12(2,3)15-8-9-7-10(13)5-6-11(9)14-4/h5-7H,8H2,1-4H3. The molecule has 1 rings (SSSR count). The van der Waals surface area contributed by atoms with Gasteiger partial charge in [0.2, 0.25) is 0 Å². The Morgan fingerprint density at radius 1 is 1.27 bits per heavy atom. The Morgan fingerprint density at radius 3 is 2.47 bits per heavy atom. The van der Waals surface area contributed by atoms with Crippen LogP contribution in [0.5, 0.6) is 5.75 Å². The van der Waals surface area contributed by atoms with Gasteiger partial charge in [0.05, 0.1) is 19.3 Å². The quantitative estimate of drug-likeness (QED) is 0.834. The molecular weight excluding hydrogens is 256 g/mol. The number of ether oxygens (including phenoxy) is 2. The second kappa shape index (κ2) is 4.99. The molecule has 1 aromatic rings. The van der Waals surface area contributed by atoms with E-state index < -0.39 is 0 Å². The number of halogens is 1. The van der Waals surface area contributed by atoms with Crippen LogP contribution in [0.4, 0.5) is 0 Å². The van der Waals surface area contributed by atoms with E-state index in [-0.39, 0.29) is 5.60 Å². The molecule has 0 fully saturated rings. The highest BCUT2D eigenvalue weighted by Gasteiger charge is 2.12. The van der Waals surface area contributed by atoms with Crippen LogP contribution < -0.4 is 4.74 Å². The highest BCUT2D eigenvalue weighted by Crippen LogP contribution is 2.25. The molecule has 0 spiro atoms. The van der Waals surface area contributed by atoms with E-state index in [0.29, 0.717) is 6.61 Å². The van der Waals surface area contributed by atoms with Crippen LogP contribution in [0.2, 0.25) is 0 Å². The van der Waals surface area contributed by atoms with Crippen molar-refractivity contribution in [3.05, 3.63) is 28.2 Å². The van der Waals surface area contributed by atoms with E-state index in [0.717, 1.165) is 15.8 Å². The molecule has 0 saturated carbocycles. The lowest BCUT2D eigenvalue weighted by Gasteiger charge is -2.20. The zero-order valence-electron chi connectivity index (χ0n) is 9.63. The van der Waals surface area contributed by atoms with E-state index in [1.54, 1.807) is 7.11 Å². The SMILES string of the molecule is COc1ccc(Br)cc1COC(C)(C)C. The average Bonchev–Trinajstić information content (AvgIpc) is 2.14. The molecule has 0 aromatic heterocycles. The molecule has 0 aliphatic carbocycles. The lowest BCUT2D eigenvalue weighted by molar-refractivity contribution is -0.0156. The Labute approximate surface area is 99.7 Å². The van der Waals surface area contributed by atoms with Gasteiger partial charge in [-0.15, -0.1) is 0 Å². The van der Waals surface area contributed by atoms with Crippen molar-refractivity contribution in [2.75, 3.05) is 7.11 Å². The van der Waals surface area contributed by atoms with Crippen molar-refractivity contribution in [3.8, 4) is 5.75 Å². The maximum absolute atomic E-state index is 5.71. The van der Waals surface area contributed by atoms with Crippen molar-refractivity contribution >= 4 is 15.9 Å². The second-order valence-corrected chi connectivity index (χ2v) is 5.27. The second-order valence-electron chi connectivity index (χ2n) is 4.36. The van der Waals surface area contributed by atoms with Gasteiger partial charge in [0.25, 0.3) is 0 Å². The first-order chi connectivity index (χ1) is 6.92. The van der Waals surface area contributed by atoms with Gasteiger partial charge in [0.15, 0.2) is 0 Å². The maximum Gasteiger partial charge on any atom is 0.124 e. The van der Waals surface area contributed by atoms with Crippen LogP contribution in [0.15, 0.2) is 22.7 Å². The predicted molar refractivity (Wildman–Crippen MR) is 65.2 cm³/mol. The molecule has 0 aliphatic rings. The lowest BCUT2D eigenvalue weighted by Crippen LogP contribution is -2.18. The van der Waals surface area contributed by atoms with Gasteiger partial charge >= 0.3 is 0 Å². The summed E-state index contributed by atoms with van der Waals surface area (Å²) in [6.45, 7) is 6.68. The molecule has 2 nitrogen and oxygen atoms in total. The summed E-state index contributed by atoms with van der Waals surface area (Å²) in [5.74, 6) is 0.863. The molecule has 0 unspecified atom stereocenters. The van der Waals surface area contributed by atoms with Crippen molar-refractivity contribution in [1.29, 1.82) is 0 Å². The van der Waals surface area contributed by atoms with E-state index in [2.05, 4.69) is 15.9 Å². The monoisotopic (exact) mass is 272 g/mol. The predicted octanol–water partition coefficient (Wildman–Crippen LogP) is 3.77. The fourth-order valence-electron chi connectivity index (χ4n) is 1.15. The molecule has 3 heteroatoms. The average molecular weight is 273 g/mol. The van der Waals surface area contributed by atoms with Gasteiger partial charge < -0.3 is 9.47 Å². The van der Waals surface area contributed by atoms with E-state index in [1.165, 1.54) is 0 Å². The summed E-state index contributed by atoms with van der Waals surface area (Å²) >= 11 is 3.43.